The summed E-state index contributed by atoms with van der Waals surface area (Å²) in [5.74, 6) is -2.25. The van der Waals surface area contributed by atoms with Crippen LogP contribution in [0.4, 0.5) is 10.1 Å². The average Bonchev–Trinajstić information content (AvgIpc) is 2.81. The number of carbonyl (C=O) groups is 3. The molecule has 0 spiro atoms. The van der Waals surface area contributed by atoms with Gasteiger partial charge >= 0.3 is 0 Å². The number of amides is 3. The minimum Gasteiger partial charge on any atom is -0.324 e. The van der Waals surface area contributed by atoms with Crippen LogP contribution in [0.2, 0.25) is 10.0 Å². The molecular formula is C18H13Cl2FN2O3. The molecule has 0 fully saturated rings. The van der Waals surface area contributed by atoms with E-state index < -0.39 is 29.6 Å². The van der Waals surface area contributed by atoms with E-state index in [4.69, 9.17) is 23.2 Å². The Kier molecular flexibility index (Phi) is 4.73. The van der Waals surface area contributed by atoms with Gasteiger partial charge in [0, 0.05) is 5.69 Å². The second-order valence-corrected chi connectivity index (χ2v) is 6.73. The van der Waals surface area contributed by atoms with Crippen LogP contribution in [0, 0.1) is 12.7 Å². The molecule has 1 aliphatic rings. The molecule has 26 heavy (non-hydrogen) atoms. The Bertz CT molecular complexity index is 921. The predicted molar refractivity (Wildman–Crippen MR) is 96.2 cm³/mol. The van der Waals surface area contributed by atoms with Crippen LogP contribution < -0.4 is 5.32 Å². The SMILES string of the molecule is Cc1cc(F)ccc1NC(=O)C(C)N1C(=O)c2cc(Cl)c(Cl)cc2C1=O. The number of imide groups is 1. The van der Waals surface area contributed by atoms with Crippen molar-refractivity contribution in [2.24, 2.45) is 0 Å². The fraction of sp³-hybridized carbons (Fsp3) is 0.167. The Labute approximate surface area is 158 Å². The minimum absolute atomic E-state index is 0.0991. The predicted octanol–water partition coefficient (Wildman–Crippen LogP) is 4.06. The van der Waals surface area contributed by atoms with E-state index in [1.165, 1.54) is 37.3 Å². The van der Waals surface area contributed by atoms with Crippen LogP contribution in [0.1, 0.15) is 33.2 Å². The number of benzene rings is 2. The molecule has 0 radical (unpaired) electrons. The molecular weight excluding hydrogens is 382 g/mol. The first kappa shape index (κ1) is 18.4. The van der Waals surface area contributed by atoms with Gasteiger partial charge in [0.1, 0.15) is 11.9 Å². The topological polar surface area (TPSA) is 66.5 Å². The van der Waals surface area contributed by atoms with Crippen molar-refractivity contribution in [2.45, 2.75) is 19.9 Å². The lowest BCUT2D eigenvalue weighted by Crippen LogP contribution is -2.45. The summed E-state index contributed by atoms with van der Waals surface area (Å²) in [7, 11) is 0. The Balaban J connectivity index is 1.86. The van der Waals surface area contributed by atoms with Crippen LogP contribution >= 0.6 is 23.2 Å². The number of halogens is 3. The van der Waals surface area contributed by atoms with Gasteiger partial charge in [0.2, 0.25) is 5.91 Å². The Morgan fingerprint density at radius 1 is 1.08 bits per heavy atom. The van der Waals surface area contributed by atoms with Crippen LogP contribution in [-0.2, 0) is 4.79 Å². The first-order chi connectivity index (χ1) is 12.2. The zero-order chi connectivity index (χ0) is 19.2. The maximum Gasteiger partial charge on any atom is 0.262 e. The van der Waals surface area contributed by atoms with Crippen LogP contribution in [0.3, 0.4) is 0 Å². The number of anilines is 1. The van der Waals surface area contributed by atoms with Gasteiger partial charge in [-0.25, -0.2) is 4.39 Å². The normalized spacial score (nSPS) is 14.4. The summed E-state index contributed by atoms with van der Waals surface area (Å²) in [4.78, 5) is 38.5. The number of carbonyl (C=O) groups excluding carboxylic acids is 3. The van der Waals surface area contributed by atoms with Gasteiger partial charge < -0.3 is 5.32 Å². The first-order valence-electron chi connectivity index (χ1n) is 7.64. The highest BCUT2D eigenvalue weighted by atomic mass is 35.5. The van der Waals surface area contributed by atoms with Crippen molar-refractivity contribution >= 4 is 46.6 Å². The Morgan fingerprint density at radius 3 is 2.12 bits per heavy atom. The summed E-state index contributed by atoms with van der Waals surface area (Å²) in [6, 6.07) is 5.44. The van der Waals surface area contributed by atoms with Crippen molar-refractivity contribution < 1.29 is 18.8 Å². The molecule has 3 rings (SSSR count). The Morgan fingerprint density at radius 2 is 1.62 bits per heavy atom. The van der Waals surface area contributed by atoms with Gasteiger partial charge in [0.25, 0.3) is 11.8 Å². The molecule has 2 aromatic carbocycles. The van der Waals surface area contributed by atoms with Gasteiger partial charge in [-0.05, 0) is 49.7 Å². The van der Waals surface area contributed by atoms with Gasteiger partial charge in [0.15, 0.2) is 0 Å². The summed E-state index contributed by atoms with van der Waals surface area (Å²) in [5.41, 5.74) is 1.11. The van der Waals surface area contributed by atoms with Gasteiger partial charge in [-0.2, -0.15) is 0 Å². The third-order valence-electron chi connectivity index (χ3n) is 4.17. The molecule has 1 N–H and O–H groups in total. The number of rotatable bonds is 3. The molecule has 134 valence electrons. The molecule has 1 atom stereocenters. The Hall–Kier alpha value is -2.44. The van der Waals surface area contributed by atoms with E-state index in [1.807, 2.05) is 0 Å². The molecule has 8 heteroatoms. The highest BCUT2D eigenvalue weighted by Crippen LogP contribution is 2.32. The second-order valence-electron chi connectivity index (χ2n) is 5.92. The lowest BCUT2D eigenvalue weighted by Gasteiger charge is -2.22. The maximum absolute atomic E-state index is 13.2. The summed E-state index contributed by atoms with van der Waals surface area (Å²) < 4.78 is 13.2. The zero-order valence-electron chi connectivity index (χ0n) is 13.8. The smallest absolute Gasteiger partial charge is 0.262 e. The molecule has 0 bridgehead atoms. The van der Waals surface area contributed by atoms with E-state index >= 15 is 0 Å². The van der Waals surface area contributed by atoms with E-state index in [9.17, 15) is 18.8 Å². The second kappa shape index (κ2) is 6.70. The first-order valence-corrected chi connectivity index (χ1v) is 8.40. The van der Waals surface area contributed by atoms with Crippen molar-refractivity contribution in [1.82, 2.24) is 4.90 Å². The highest BCUT2D eigenvalue weighted by molar-refractivity contribution is 6.43. The number of nitrogens with zero attached hydrogens (tertiary/aromatic N) is 1. The number of fused-ring (bicyclic) bond motifs is 1. The number of nitrogens with one attached hydrogen (secondary N) is 1. The van der Waals surface area contributed by atoms with Crippen molar-refractivity contribution in [1.29, 1.82) is 0 Å². The summed E-state index contributed by atoms with van der Waals surface area (Å²) in [6.45, 7) is 3.06. The molecule has 1 aliphatic heterocycles. The fourth-order valence-corrected chi connectivity index (χ4v) is 3.05. The largest absolute Gasteiger partial charge is 0.324 e. The zero-order valence-corrected chi connectivity index (χ0v) is 15.3. The molecule has 0 aromatic heterocycles. The van der Waals surface area contributed by atoms with Crippen LogP contribution in [0.15, 0.2) is 30.3 Å². The van der Waals surface area contributed by atoms with E-state index in [1.54, 1.807) is 6.92 Å². The van der Waals surface area contributed by atoms with Gasteiger partial charge in [0.05, 0.1) is 21.2 Å². The summed E-state index contributed by atoms with van der Waals surface area (Å²) >= 11 is 11.8. The standard InChI is InChI=1S/C18H13Cl2FN2O3/c1-8-5-10(21)3-4-15(8)22-16(24)9(2)23-17(25)11-6-13(19)14(20)7-12(11)18(23)26/h3-7,9H,1-2H3,(H,22,24). The lowest BCUT2D eigenvalue weighted by atomic mass is 10.1. The third kappa shape index (κ3) is 3.06. The van der Waals surface area contributed by atoms with Crippen LogP contribution in [0.25, 0.3) is 0 Å². The average molecular weight is 395 g/mol. The summed E-state index contributed by atoms with van der Waals surface area (Å²) in [5, 5.41) is 2.89. The van der Waals surface area contributed by atoms with E-state index in [0.717, 1.165) is 4.90 Å². The third-order valence-corrected chi connectivity index (χ3v) is 4.89. The van der Waals surface area contributed by atoms with Crippen LogP contribution in [0.5, 0.6) is 0 Å². The molecule has 1 unspecified atom stereocenters. The molecule has 2 aromatic rings. The van der Waals surface area contributed by atoms with Crippen molar-refractivity contribution in [3.8, 4) is 0 Å². The van der Waals surface area contributed by atoms with E-state index in [2.05, 4.69) is 5.32 Å². The monoisotopic (exact) mass is 394 g/mol. The molecule has 0 saturated carbocycles. The van der Waals surface area contributed by atoms with E-state index in [0.29, 0.717) is 11.3 Å². The van der Waals surface area contributed by atoms with Gasteiger partial charge in [-0.3, -0.25) is 19.3 Å². The fourth-order valence-electron chi connectivity index (χ4n) is 2.73. The summed E-state index contributed by atoms with van der Waals surface area (Å²) in [6.07, 6.45) is 0. The molecule has 3 amide bonds. The molecule has 0 saturated heterocycles. The van der Waals surface area contributed by atoms with Crippen molar-refractivity contribution in [3.63, 3.8) is 0 Å². The quantitative estimate of drug-likeness (QED) is 0.797. The molecule has 0 aliphatic carbocycles. The number of hydrogen-bond donors (Lipinski definition) is 1. The van der Waals surface area contributed by atoms with Gasteiger partial charge in [-0.1, -0.05) is 23.2 Å². The van der Waals surface area contributed by atoms with Crippen molar-refractivity contribution in [3.05, 3.63) is 62.9 Å². The molecule has 5 nitrogen and oxygen atoms in total. The number of hydrogen-bond acceptors (Lipinski definition) is 3. The minimum atomic E-state index is -1.08. The molecule has 1 heterocycles. The van der Waals surface area contributed by atoms with Crippen LogP contribution in [-0.4, -0.2) is 28.7 Å². The number of aryl methyl sites for hydroxylation is 1. The maximum atomic E-state index is 13.2. The highest BCUT2D eigenvalue weighted by Gasteiger charge is 2.41. The van der Waals surface area contributed by atoms with E-state index in [-0.39, 0.29) is 21.2 Å². The lowest BCUT2D eigenvalue weighted by molar-refractivity contribution is -0.119. The van der Waals surface area contributed by atoms with Crippen molar-refractivity contribution in [2.75, 3.05) is 5.32 Å². The van der Waals surface area contributed by atoms with Gasteiger partial charge in [-0.15, -0.1) is 0 Å².